The first-order valence-corrected chi connectivity index (χ1v) is 7.50. The Morgan fingerprint density at radius 2 is 1.86 bits per heavy atom. The highest BCUT2D eigenvalue weighted by Gasteiger charge is 2.06. The van der Waals surface area contributed by atoms with Crippen molar-refractivity contribution >= 4 is 11.0 Å². The smallest absolute Gasteiger partial charge is 0.336 e. The topological polar surface area (TPSA) is 39.4 Å². The van der Waals surface area contributed by atoms with E-state index >= 15 is 0 Å². The van der Waals surface area contributed by atoms with Crippen LogP contribution in [0.25, 0.3) is 11.0 Å². The summed E-state index contributed by atoms with van der Waals surface area (Å²) in [6.07, 6.45) is 1.86. The molecule has 2 aromatic carbocycles. The molecule has 3 rings (SSSR count). The molecule has 0 saturated heterocycles. The van der Waals surface area contributed by atoms with Crippen molar-refractivity contribution in [3.05, 3.63) is 76.1 Å². The van der Waals surface area contributed by atoms with Gasteiger partial charge < -0.3 is 9.15 Å². The van der Waals surface area contributed by atoms with E-state index in [4.69, 9.17) is 9.15 Å². The molecule has 0 bridgehead atoms. The Hall–Kier alpha value is -2.55. The molecule has 0 spiro atoms. The van der Waals surface area contributed by atoms with Crippen LogP contribution in [-0.2, 0) is 13.0 Å². The second kappa shape index (κ2) is 6.48. The first-order chi connectivity index (χ1) is 10.8. The lowest BCUT2D eigenvalue weighted by Crippen LogP contribution is -2.01. The first kappa shape index (κ1) is 14.4. The largest absolute Gasteiger partial charge is 0.489 e. The Morgan fingerprint density at radius 1 is 1.05 bits per heavy atom. The van der Waals surface area contributed by atoms with Gasteiger partial charge in [-0.1, -0.05) is 43.7 Å². The van der Waals surface area contributed by atoms with Crippen molar-refractivity contribution in [2.45, 2.75) is 26.4 Å². The SMILES string of the molecule is CCCc1cc(=O)oc2cc(OCc3ccccc3)ccc12. The summed E-state index contributed by atoms with van der Waals surface area (Å²) in [5.41, 5.74) is 2.41. The molecular formula is C19H18O3. The molecular weight excluding hydrogens is 276 g/mol. The van der Waals surface area contributed by atoms with Crippen LogP contribution in [0, 0.1) is 0 Å². The minimum absolute atomic E-state index is 0.309. The Balaban J connectivity index is 1.88. The number of rotatable bonds is 5. The standard InChI is InChI=1S/C19H18O3/c1-2-6-15-11-19(20)22-18-12-16(9-10-17(15)18)21-13-14-7-4-3-5-8-14/h3-5,7-12H,2,6,13H2,1H3. The van der Waals surface area contributed by atoms with Crippen molar-refractivity contribution in [2.75, 3.05) is 0 Å². The molecule has 0 radical (unpaired) electrons. The van der Waals surface area contributed by atoms with Crippen LogP contribution in [0.3, 0.4) is 0 Å². The fourth-order valence-corrected chi connectivity index (χ4v) is 2.52. The molecule has 3 aromatic rings. The molecule has 0 fully saturated rings. The average molecular weight is 294 g/mol. The highest BCUT2D eigenvalue weighted by atomic mass is 16.5. The van der Waals surface area contributed by atoms with E-state index in [0.717, 1.165) is 29.4 Å². The average Bonchev–Trinajstić information content (AvgIpc) is 2.54. The molecule has 3 nitrogen and oxygen atoms in total. The molecule has 0 aliphatic carbocycles. The summed E-state index contributed by atoms with van der Waals surface area (Å²) < 4.78 is 11.1. The van der Waals surface area contributed by atoms with Crippen molar-refractivity contribution in [1.29, 1.82) is 0 Å². The molecule has 0 amide bonds. The third-order valence-electron chi connectivity index (χ3n) is 3.57. The van der Waals surface area contributed by atoms with Gasteiger partial charge in [-0.15, -0.1) is 0 Å². The van der Waals surface area contributed by atoms with Crippen LogP contribution in [0.2, 0.25) is 0 Å². The summed E-state index contributed by atoms with van der Waals surface area (Å²) in [5.74, 6) is 0.702. The van der Waals surface area contributed by atoms with Crippen molar-refractivity contribution < 1.29 is 9.15 Å². The van der Waals surface area contributed by atoms with Gasteiger partial charge in [-0.25, -0.2) is 4.79 Å². The zero-order chi connectivity index (χ0) is 15.4. The summed E-state index contributed by atoms with van der Waals surface area (Å²) in [6.45, 7) is 2.59. The number of benzene rings is 2. The summed E-state index contributed by atoms with van der Waals surface area (Å²) >= 11 is 0. The molecule has 22 heavy (non-hydrogen) atoms. The third-order valence-corrected chi connectivity index (χ3v) is 3.57. The Labute approximate surface area is 129 Å². The van der Waals surface area contributed by atoms with Crippen LogP contribution in [0.1, 0.15) is 24.5 Å². The molecule has 1 aromatic heterocycles. The van der Waals surface area contributed by atoms with Gasteiger partial charge in [0.25, 0.3) is 0 Å². The number of fused-ring (bicyclic) bond motifs is 1. The second-order valence-corrected chi connectivity index (χ2v) is 5.27. The Morgan fingerprint density at radius 3 is 2.64 bits per heavy atom. The molecule has 0 aliphatic heterocycles. The van der Waals surface area contributed by atoms with E-state index in [9.17, 15) is 4.79 Å². The van der Waals surface area contributed by atoms with Gasteiger partial charge in [-0.2, -0.15) is 0 Å². The van der Waals surface area contributed by atoms with Crippen LogP contribution in [0.15, 0.2) is 63.8 Å². The monoisotopic (exact) mass is 294 g/mol. The fourth-order valence-electron chi connectivity index (χ4n) is 2.52. The number of aryl methyl sites for hydroxylation is 1. The van der Waals surface area contributed by atoms with E-state index in [2.05, 4.69) is 6.92 Å². The van der Waals surface area contributed by atoms with Gasteiger partial charge in [0.05, 0.1) is 0 Å². The molecule has 3 heteroatoms. The number of hydrogen-bond donors (Lipinski definition) is 0. The van der Waals surface area contributed by atoms with Crippen molar-refractivity contribution in [1.82, 2.24) is 0 Å². The minimum atomic E-state index is -0.309. The molecule has 0 aliphatic rings. The van der Waals surface area contributed by atoms with Crippen molar-refractivity contribution in [3.63, 3.8) is 0 Å². The van der Waals surface area contributed by atoms with E-state index in [0.29, 0.717) is 17.9 Å². The lowest BCUT2D eigenvalue weighted by Gasteiger charge is -2.08. The summed E-state index contributed by atoms with van der Waals surface area (Å²) in [6, 6.07) is 17.2. The summed E-state index contributed by atoms with van der Waals surface area (Å²) in [7, 11) is 0. The Bertz CT molecular complexity index is 819. The fraction of sp³-hybridized carbons (Fsp3) is 0.211. The van der Waals surface area contributed by atoms with E-state index in [1.165, 1.54) is 0 Å². The van der Waals surface area contributed by atoms with Gasteiger partial charge in [0.2, 0.25) is 0 Å². The van der Waals surface area contributed by atoms with Crippen LogP contribution in [0.4, 0.5) is 0 Å². The second-order valence-electron chi connectivity index (χ2n) is 5.27. The molecule has 112 valence electrons. The molecule has 0 saturated carbocycles. The van der Waals surface area contributed by atoms with Crippen molar-refractivity contribution in [2.24, 2.45) is 0 Å². The number of ether oxygens (including phenoxy) is 1. The van der Waals surface area contributed by atoms with Crippen LogP contribution in [0.5, 0.6) is 5.75 Å². The van der Waals surface area contributed by atoms with Gasteiger partial charge in [-0.3, -0.25) is 0 Å². The zero-order valence-corrected chi connectivity index (χ0v) is 12.5. The maximum atomic E-state index is 11.7. The van der Waals surface area contributed by atoms with Gasteiger partial charge >= 0.3 is 5.63 Å². The van der Waals surface area contributed by atoms with Crippen LogP contribution >= 0.6 is 0 Å². The summed E-state index contributed by atoms with van der Waals surface area (Å²) in [4.78, 5) is 11.7. The minimum Gasteiger partial charge on any atom is -0.489 e. The van der Waals surface area contributed by atoms with E-state index < -0.39 is 0 Å². The van der Waals surface area contributed by atoms with Crippen LogP contribution in [-0.4, -0.2) is 0 Å². The van der Waals surface area contributed by atoms with E-state index in [1.807, 2.05) is 42.5 Å². The molecule has 0 atom stereocenters. The molecule has 0 N–H and O–H groups in total. The maximum Gasteiger partial charge on any atom is 0.336 e. The van der Waals surface area contributed by atoms with Gasteiger partial charge in [0.15, 0.2) is 0 Å². The lowest BCUT2D eigenvalue weighted by atomic mass is 10.1. The van der Waals surface area contributed by atoms with Gasteiger partial charge in [0, 0.05) is 17.5 Å². The van der Waals surface area contributed by atoms with Gasteiger partial charge in [-0.05, 0) is 29.7 Å². The number of hydrogen-bond acceptors (Lipinski definition) is 3. The highest BCUT2D eigenvalue weighted by Crippen LogP contribution is 2.24. The zero-order valence-electron chi connectivity index (χ0n) is 12.5. The Kier molecular flexibility index (Phi) is 4.24. The van der Waals surface area contributed by atoms with E-state index in [-0.39, 0.29) is 5.63 Å². The van der Waals surface area contributed by atoms with Gasteiger partial charge in [0.1, 0.15) is 17.9 Å². The normalized spacial score (nSPS) is 10.8. The van der Waals surface area contributed by atoms with Crippen molar-refractivity contribution in [3.8, 4) is 5.75 Å². The predicted octanol–water partition coefficient (Wildman–Crippen LogP) is 4.32. The lowest BCUT2D eigenvalue weighted by molar-refractivity contribution is 0.306. The summed E-state index contributed by atoms with van der Waals surface area (Å²) in [5, 5.41) is 0.980. The first-order valence-electron chi connectivity index (χ1n) is 7.50. The van der Waals surface area contributed by atoms with E-state index in [1.54, 1.807) is 12.1 Å². The highest BCUT2D eigenvalue weighted by molar-refractivity contribution is 5.81. The maximum absolute atomic E-state index is 11.7. The third kappa shape index (κ3) is 3.19. The molecule has 0 unspecified atom stereocenters. The van der Waals surface area contributed by atoms with Crippen LogP contribution < -0.4 is 10.4 Å². The quantitative estimate of drug-likeness (QED) is 0.658. The predicted molar refractivity (Wildman–Crippen MR) is 87.3 cm³/mol. The molecule has 1 heterocycles.